The average molecular weight is 313 g/mol. The lowest BCUT2D eigenvalue weighted by atomic mass is 10.1. The average Bonchev–Trinajstić information content (AvgIpc) is 3.16. The first-order chi connectivity index (χ1) is 11.0. The van der Waals surface area contributed by atoms with E-state index in [9.17, 15) is 14.9 Å². The van der Waals surface area contributed by atoms with E-state index >= 15 is 0 Å². The predicted octanol–water partition coefficient (Wildman–Crippen LogP) is 2.53. The number of aromatic amines is 1. The number of non-ortho nitro benzene ring substituents is 1. The van der Waals surface area contributed by atoms with Crippen molar-refractivity contribution in [2.24, 2.45) is 0 Å². The Bertz CT molecular complexity index is 883. The number of nitrogens with one attached hydrogen (secondary N) is 2. The molecule has 0 atom stereocenters. The normalized spacial score (nSPS) is 10.5. The van der Waals surface area contributed by atoms with Crippen LogP contribution in [-0.2, 0) is 0 Å². The number of nitro groups is 1. The zero-order chi connectivity index (χ0) is 16.4. The van der Waals surface area contributed by atoms with E-state index in [0.717, 1.165) is 0 Å². The van der Waals surface area contributed by atoms with Gasteiger partial charge in [-0.25, -0.2) is 0 Å². The van der Waals surface area contributed by atoms with Gasteiger partial charge in [0.05, 0.1) is 10.6 Å². The van der Waals surface area contributed by atoms with Gasteiger partial charge in [0, 0.05) is 29.8 Å². The van der Waals surface area contributed by atoms with Crippen LogP contribution in [-0.4, -0.2) is 26.2 Å². The van der Waals surface area contributed by atoms with Crippen LogP contribution in [0.3, 0.4) is 0 Å². The van der Waals surface area contributed by atoms with Gasteiger partial charge in [0.25, 0.3) is 11.6 Å². The Morgan fingerprint density at radius 2 is 2.17 bits per heavy atom. The number of benzene rings is 1. The maximum Gasteiger partial charge on any atom is 0.279 e. The van der Waals surface area contributed by atoms with E-state index in [0.29, 0.717) is 17.0 Å². The first-order valence-corrected chi connectivity index (χ1v) is 6.58. The number of hydrogen-bond acceptors (Lipinski definition) is 6. The van der Waals surface area contributed by atoms with Crippen molar-refractivity contribution in [1.82, 2.24) is 15.4 Å². The molecule has 0 saturated heterocycles. The molecule has 0 bridgehead atoms. The number of amides is 1. The van der Waals surface area contributed by atoms with Gasteiger partial charge in [-0.3, -0.25) is 20.0 Å². The van der Waals surface area contributed by atoms with Crippen LogP contribution in [0.15, 0.2) is 40.9 Å². The Balaban J connectivity index is 1.79. The van der Waals surface area contributed by atoms with Crippen LogP contribution in [0, 0.1) is 17.0 Å². The molecule has 0 aliphatic heterocycles. The van der Waals surface area contributed by atoms with Crippen molar-refractivity contribution in [2.45, 2.75) is 6.92 Å². The summed E-state index contributed by atoms with van der Waals surface area (Å²) in [6.45, 7) is 1.68. The van der Waals surface area contributed by atoms with Crippen molar-refractivity contribution in [3.63, 3.8) is 0 Å². The van der Waals surface area contributed by atoms with Crippen molar-refractivity contribution in [3.05, 3.63) is 58.0 Å². The van der Waals surface area contributed by atoms with Crippen molar-refractivity contribution in [2.75, 3.05) is 5.32 Å². The summed E-state index contributed by atoms with van der Waals surface area (Å²) in [6.07, 6.45) is 0. The first-order valence-electron chi connectivity index (χ1n) is 6.58. The number of rotatable bonds is 4. The lowest BCUT2D eigenvalue weighted by Crippen LogP contribution is -2.12. The van der Waals surface area contributed by atoms with Crippen molar-refractivity contribution in [3.8, 4) is 11.3 Å². The topological polar surface area (TPSA) is 127 Å². The third-order valence-corrected chi connectivity index (χ3v) is 3.05. The standard InChI is InChI=1S/C14H11N5O4/c1-8-5-12(18-23-8)14(20)15-13-7-11(16-17-13)9-3-2-4-10(6-9)19(21)22/h2-7H,1H3,(H2,15,16,17,20). The Morgan fingerprint density at radius 3 is 2.87 bits per heavy atom. The highest BCUT2D eigenvalue weighted by Crippen LogP contribution is 2.24. The number of H-pyrrole nitrogens is 1. The summed E-state index contributed by atoms with van der Waals surface area (Å²) in [5.41, 5.74) is 1.24. The van der Waals surface area contributed by atoms with Gasteiger partial charge in [-0.05, 0) is 6.92 Å². The maximum atomic E-state index is 11.9. The molecule has 0 saturated carbocycles. The molecule has 9 nitrogen and oxygen atoms in total. The molecule has 2 heterocycles. The SMILES string of the molecule is Cc1cc(C(=O)Nc2cc(-c3cccc([N+](=O)[O-])c3)[nH]n2)no1. The fourth-order valence-electron chi connectivity index (χ4n) is 1.97. The van der Waals surface area contributed by atoms with Gasteiger partial charge >= 0.3 is 0 Å². The van der Waals surface area contributed by atoms with Gasteiger partial charge < -0.3 is 9.84 Å². The number of anilines is 1. The number of aryl methyl sites for hydroxylation is 1. The Morgan fingerprint density at radius 1 is 1.35 bits per heavy atom. The Labute approximate surface area is 129 Å². The predicted molar refractivity (Wildman–Crippen MR) is 79.9 cm³/mol. The van der Waals surface area contributed by atoms with Crippen LogP contribution in [0.2, 0.25) is 0 Å². The van der Waals surface area contributed by atoms with Crippen molar-refractivity contribution < 1.29 is 14.2 Å². The Hall–Kier alpha value is -3.49. The van der Waals surface area contributed by atoms with Crippen LogP contribution in [0.1, 0.15) is 16.2 Å². The number of hydrogen-bond donors (Lipinski definition) is 2. The molecule has 2 N–H and O–H groups in total. The molecule has 0 unspecified atom stereocenters. The number of carbonyl (C=O) groups is 1. The minimum atomic E-state index is -0.477. The monoisotopic (exact) mass is 313 g/mol. The van der Waals surface area contributed by atoms with Crippen LogP contribution in [0.25, 0.3) is 11.3 Å². The lowest BCUT2D eigenvalue weighted by molar-refractivity contribution is -0.384. The smallest absolute Gasteiger partial charge is 0.279 e. The van der Waals surface area contributed by atoms with E-state index in [2.05, 4.69) is 20.7 Å². The van der Waals surface area contributed by atoms with E-state index in [-0.39, 0.29) is 17.2 Å². The van der Waals surface area contributed by atoms with E-state index in [4.69, 9.17) is 4.52 Å². The molecule has 1 aromatic carbocycles. The molecule has 0 radical (unpaired) electrons. The van der Waals surface area contributed by atoms with Gasteiger partial charge in [-0.15, -0.1) is 0 Å². The Kier molecular flexibility index (Phi) is 3.59. The maximum absolute atomic E-state index is 11.9. The summed E-state index contributed by atoms with van der Waals surface area (Å²) < 4.78 is 4.83. The summed E-state index contributed by atoms with van der Waals surface area (Å²) in [5.74, 6) is 0.338. The molecule has 3 aromatic rings. The van der Waals surface area contributed by atoms with Crippen LogP contribution in [0.4, 0.5) is 11.5 Å². The lowest BCUT2D eigenvalue weighted by Gasteiger charge is -1.97. The van der Waals surface area contributed by atoms with Gasteiger partial charge in [0.2, 0.25) is 0 Å². The molecular formula is C14H11N5O4. The summed E-state index contributed by atoms with van der Waals surface area (Å²) >= 11 is 0. The number of carbonyl (C=O) groups excluding carboxylic acids is 1. The molecule has 0 spiro atoms. The van der Waals surface area contributed by atoms with Gasteiger partial charge in [-0.2, -0.15) is 5.10 Å². The van der Waals surface area contributed by atoms with Gasteiger partial charge in [-0.1, -0.05) is 17.3 Å². The molecule has 3 rings (SSSR count). The van der Waals surface area contributed by atoms with E-state index < -0.39 is 10.8 Å². The summed E-state index contributed by atoms with van der Waals surface area (Å²) in [6, 6.07) is 9.17. The highest BCUT2D eigenvalue weighted by molar-refractivity contribution is 6.02. The third-order valence-electron chi connectivity index (χ3n) is 3.05. The summed E-state index contributed by atoms with van der Waals surface area (Å²) in [4.78, 5) is 22.3. The molecular weight excluding hydrogens is 302 g/mol. The van der Waals surface area contributed by atoms with E-state index in [1.807, 2.05) is 0 Å². The van der Waals surface area contributed by atoms with Gasteiger partial charge in [0.15, 0.2) is 11.5 Å². The summed E-state index contributed by atoms with van der Waals surface area (Å²) in [5, 5.41) is 23.6. The van der Waals surface area contributed by atoms with Crippen LogP contribution >= 0.6 is 0 Å². The van der Waals surface area contributed by atoms with E-state index in [1.54, 1.807) is 25.1 Å². The third kappa shape index (κ3) is 3.07. The number of nitro benzene ring substituents is 1. The van der Waals surface area contributed by atoms with Crippen molar-refractivity contribution >= 4 is 17.4 Å². The van der Waals surface area contributed by atoms with E-state index in [1.165, 1.54) is 18.2 Å². The second-order valence-corrected chi connectivity index (χ2v) is 4.75. The molecule has 1 amide bonds. The van der Waals surface area contributed by atoms with Crippen LogP contribution < -0.4 is 5.32 Å². The minimum Gasteiger partial charge on any atom is -0.361 e. The second-order valence-electron chi connectivity index (χ2n) is 4.75. The molecule has 0 fully saturated rings. The highest BCUT2D eigenvalue weighted by Gasteiger charge is 2.14. The first kappa shape index (κ1) is 14.4. The molecule has 0 aliphatic rings. The van der Waals surface area contributed by atoms with Crippen LogP contribution in [0.5, 0.6) is 0 Å². The zero-order valence-corrected chi connectivity index (χ0v) is 11.9. The molecule has 116 valence electrons. The molecule has 2 aromatic heterocycles. The van der Waals surface area contributed by atoms with Crippen molar-refractivity contribution in [1.29, 1.82) is 0 Å². The van der Waals surface area contributed by atoms with Gasteiger partial charge in [0.1, 0.15) is 5.76 Å². The molecule has 0 aliphatic carbocycles. The molecule has 9 heteroatoms. The number of aromatic nitrogens is 3. The fourth-order valence-corrected chi connectivity index (χ4v) is 1.97. The highest BCUT2D eigenvalue weighted by atomic mass is 16.6. The number of nitrogens with zero attached hydrogens (tertiary/aromatic N) is 3. The quantitative estimate of drug-likeness (QED) is 0.563. The molecule has 23 heavy (non-hydrogen) atoms. The second kappa shape index (κ2) is 5.72. The largest absolute Gasteiger partial charge is 0.361 e. The zero-order valence-electron chi connectivity index (χ0n) is 11.9. The summed E-state index contributed by atoms with van der Waals surface area (Å²) in [7, 11) is 0. The fraction of sp³-hybridized carbons (Fsp3) is 0.0714. The minimum absolute atomic E-state index is 0.0271.